The van der Waals surface area contributed by atoms with Gasteiger partial charge in [0.15, 0.2) is 0 Å². The minimum absolute atomic E-state index is 0.0757. The molecule has 6 nitrogen and oxygen atoms in total. The number of anilines is 1. The molecule has 2 atom stereocenters. The van der Waals surface area contributed by atoms with Gasteiger partial charge < -0.3 is 10.6 Å². The van der Waals surface area contributed by atoms with Crippen molar-refractivity contribution in [2.75, 3.05) is 5.32 Å². The summed E-state index contributed by atoms with van der Waals surface area (Å²) in [5.74, 6) is -0.218. The Kier molecular flexibility index (Phi) is 4.25. The molecule has 0 unspecified atom stereocenters. The molecule has 0 aliphatic heterocycles. The third-order valence-electron chi connectivity index (χ3n) is 3.80. The fourth-order valence-electron chi connectivity index (χ4n) is 2.55. The highest BCUT2D eigenvalue weighted by Crippen LogP contribution is 2.40. The summed E-state index contributed by atoms with van der Waals surface area (Å²) >= 11 is 0. The summed E-state index contributed by atoms with van der Waals surface area (Å²) < 4.78 is 35.8. The molecule has 2 amide bonds. The first-order valence-corrected chi connectivity index (χ1v) is 8.83. The number of benzene rings is 2. The lowest BCUT2D eigenvalue weighted by atomic mass is 10.1. The Morgan fingerprint density at radius 3 is 2.62 bits per heavy atom. The van der Waals surface area contributed by atoms with E-state index in [-0.39, 0.29) is 22.7 Å². The number of amides is 2. The van der Waals surface area contributed by atoms with Gasteiger partial charge in [0.1, 0.15) is 5.82 Å². The van der Waals surface area contributed by atoms with Crippen LogP contribution in [-0.4, -0.2) is 20.5 Å². The van der Waals surface area contributed by atoms with Crippen LogP contribution >= 0.6 is 0 Å². The Morgan fingerprint density at radius 1 is 1.17 bits per heavy atom. The largest absolute Gasteiger partial charge is 0.334 e. The molecule has 0 heterocycles. The monoisotopic (exact) mass is 349 g/mol. The van der Waals surface area contributed by atoms with Gasteiger partial charge in [0.05, 0.1) is 4.90 Å². The average Bonchev–Trinajstić information content (AvgIpc) is 3.25. The van der Waals surface area contributed by atoms with Gasteiger partial charge in [-0.3, -0.25) is 0 Å². The van der Waals surface area contributed by atoms with Crippen molar-refractivity contribution in [1.82, 2.24) is 5.32 Å². The highest BCUT2D eigenvalue weighted by atomic mass is 32.2. The van der Waals surface area contributed by atoms with Gasteiger partial charge in [-0.05, 0) is 42.3 Å². The second-order valence-corrected chi connectivity index (χ2v) is 7.24. The zero-order chi connectivity index (χ0) is 17.3. The van der Waals surface area contributed by atoms with Gasteiger partial charge in [-0.15, -0.1) is 0 Å². The number of rotatable bonds is 4. The van der Waals surface area contributed by atoms with E-state index in [0.29, 0.717) is 5.69 Å². The molecule has 0 spiro atoms. The molecule has 0 radical (unpaired) electrons. The van der Waals surface area contributed by atoms with Crippen LogP contribution in [0.5, 0.6) is 0 Å². The Hall–Kier alpha value is -2.45. The van der Waals surface area contributed by atoms with Crippen molar-refractivity contribution in [3.05, 3.63) is 59.9 Å². The van der Waals surface area contributed by atoms with Crippen LogP contribution in [0.2, 0.25) is 0 Å². The van der Waals surface area contributed by atoms with Crippen LogP contribution in [0.3, 0.4) is 0 Å². The van der Waals surface area contributed by atoms with Crippen LogP contribution < -0.4 is 15.8 Å². The van der Waals surface area contributed by atoms with Crippen LogP contribution in [0.25, 0.3) is 0 Å². The molecule has 1 fully saturated rings. The van der Waals surface area contributed by atoms with Crippen LogP contribution in [-0.2, 0) is 10.0 Å². The minimum atomic E-state index is -3.83. The van der Waals surface area contributed by atoms with Gasteiger partial charge in [0.2, 0.25) is 10.0 Å². The van der Waals surface area contributed by atoms with Gasteiger partial charge in [0, 0.05) is 17.6 Å². The van der Waals surface area contributed by atoms with E-state index < -0.39 is 16.1 Å². The summed E-state index contributed by atoms with van der Waals surface area (Å²) in [5, 5.41) is 10.4. The van der Waals surface area contributed by atoms with E-state index in [0.717, 1.165) is 12.0 Å². The van der Waals surface area contributed by atoms with E-state index in [9.17, 15) is 17.6 Å². The minimum Gasteiger partial charge on any atom is -0.334 e. The highest BCUT2D eigenvalue weighted by molar-refractivity contribution is 7.89. The molecule has 3 rings (SSSR count). The van der Waals surface area contributed by atoms with Crippen molar-refractivity contribution < 1.29 is 17.6 Å². The Bertz CT molecular complexity index is 886. The lowest BCUT2D eigenvalue weighted by Gasteiger charge is -2.08. The van der Waals surface area contributed by atoms with Crippen molar-refractivity contribution in [1.29, 1.82) is 0 Å². The summed E-state index contributed by atoms with van der Waals surface area (Å²) in [7, 11) is -3.83. The molecule has 1 saturated carbocycles. The first-order chi connectivity index (χ1) is 11.3. The van der Waals surface area contributed by atoms with Gasteiger partial charge in [0.25, 0.3) is 0 Å². The van der Waals surface area contributed by atoms with E-state index in [1.165, 1.54) is 30.3 Å². The van der Waals surface area contributed by atoms with Gasteiger partial charge >= 0.3 is 6.03 Å². The second-order valence-electron chi connectivity index (χ2n) is 5.67. The standard InChI is InChI=1S/C16H16FN3O3S/c17-11-4-1-3-10(7-11)14-9-15(14)20-16(21)19-12-5-2-6-13(8-12)24(18,22)23/h1-8,14-15H,9H2,(H2,18,22,23)(H2,19,20,21)/t14-,15+/m0/s1. The number of carbonyl (C=O) groups is 1. The molecule has 0 aromatic heterocycles. The molecule has 1 aliphatic carbocycles. The second kappa shape index (κ2) is 6.21. The van der Waals surface area contributed by atoms with Gasteiger partial charge in [-0.25, -0.2) is 22.7 Å². The highest BCUT2D eigenvalue weighted by Gasteiger charge is 2.39. The maximum absolute atomic E-state index is 13.2. The predicted octanol–water partition coefficient (Wildman–Crippen LogP) is 2.15. The molecule has 1 aliphatic rings. The summed E-state index contributed by atoms with van der Waals surface area (Å²) in [6.07, 6.45) is 0.730. The third kappa shape index (κ3) is 3.90. The molecule has 24 heavy (non-hydrogen) atoms. The SMILES string of the molecule is NS(=O)(=O)c1cccc(NC(=O)N[C@@H]2C[C@H]2c2cccc(F)c2)c1. The molecule has 126 valence electrons. The molecule has 2 aromatic carbocycles. The van der Waals surface area contributed by atoms with E-state index in [2.05, 4.69) is 10.6 Å². The zero-order valence-electron chi connectivity index (χ0n) is 12.6. The number of urea groups is 1. The fraction of sp³-hybridized carbons (Fsp3) is 0.188. The summed E-state index contributed by atoms with van der Waals surface area (Å²) in [6, 6.07) is 11.4. The third-order valence-corrected chi connectivity index (χ3v) is 4.72. The number of halogens is 1. The molecule has 0 bridgehead atoms. The average molecular weight is 349 g/mol. The predicted molar refractivity (Wildman–Crippen MR) is 87.5 cm³/mol. The molecule has 0 saturated heterocycles. The zero-order valence-corrected chi connectivity index (χ0v) is 13.4. The summed E-state index contributed by atoms with van der Waals surface area (Å²) in [4.78, 5) is 11.9. The molecular formula is C16H16FN3O3S. The van der Waals surface area contributed by atoms with Crippen LogP contribution in [0, 0.1) is 5.82 Å². The van der Waals surface area contributed by atoms with E-state index in [4.69, 9.17) is 5.14 Å². The number of sulfonamides is 1. The number of carbonyl (C=O) groups excluding carboxylic acids is 1. The van der Waals surface area contributed by atoms with Crippen molar-refractivity contribution in [3.8, 4) is 0 Å². The van der Waals surface area contributed by atoms with Crippen LogP contribution in [0.4, 0.5) is 14.9 Å². The lowest BCUT2D eigenvalue weighted by molar-refractivity contribution is 0.251. The molecule has 4 N–H and O–H groups in total. The molecule has 2 aromatic rings. The number of hydrogen-bond donors (Lipinski definition) is 3. The van der Waals surface area contributed by atoms with E-state index in [1.807, 2.05) is 6.07 Å². The molecular weight excluding hydrogens is 333 g/mol. The Morgan fingerprint density at radius 2 is 1.92 bits per heavy atom. The first kappa shape index (κ1) is 16.4. The lowest BCUT2D eigenvalue weighted by Crippen LogP contribution is -2.31. The summed E-state index contributed by atoms with van der Waals surface area (Å²) in [6.45, 7) is 0. The normalized spacial score (nSPS) is 19.6. The quantitative estimate of drug-likeness (QED) is 0.788. The summed E-state index contributed by atoms with van der Waals surface area (Å²) in [5.41, 5.74) is 1.17. The van der Waals surface area contributed by atoms with E-state index in [1.54, 1.807) is 12.1 Å². The van der Waals surface area contributed by atoms with Gasteiger partial charge in [-0.2, -0.15) is 0 Å². The number of nitrogens with two attached hydrogens (primary N) is 1. The van der Waals surface area contributed by atoms with E-state index >= 15 is 0 Å². The van der Waals surface area contributed by atoms with Crippen molar-refractivity contribution in [3.63, 3.8) is 0 Å². The smallest absolute Gasteiger partial charge is 0.319 e. The van der Waals surface area contributed by atoms with Crippen LogP contribution in [0.1, 0.15) is 17.9 Å². The van der Waals surface area contributed by atoms with Crippen molar-refractivity contribution in [2.45, 2.75) is 23.3 Å². The van der Waals surface area contributed by atoms with Crippen molar-refractivity contribution in [2.24, 2.45) is 5.14 Å². The number of nitrogens with one attached hydrogen (secondary N) is 2. The topological polar surface area (TPSA) is 101 Å². The Labute approximate surface area is 138 Å². The fourth-order valence-corrected chi connectivity index (χ4v) is 3.11. The first-order valence-electron chi connectivity index (χ1n) is 7.29. The Balaban J connectivity index is 1.60. The molecule has 8 heteroatoms. The van der Waals surface area contributed by atoms with Gasteiger partial charge in [-0.1, -0.05) is 18.2 Å². The number of hydrogen-bond acceptors (Lipinski definition) is 3. The maximum Gasteiger partial charge on any atom is 0.319 e. The maximum atomic E-state index is 13.2. The van der Waals surface area contributed by atoms with Crippen molar-refractivity contribution >= 4 is 21.7 Å². The van der Waals surface area contributed by atoms with Crippen LogP contribution in [0.15, 0.2) is 53.4 Å². The number of primary sulfonamides is 1.